The van der Waals surface area contributed by atoms with Crippen molar-refractivity contribution in [2.45, 2.75) is 6.17 Å². The average Bonchev–Trinajstić information content (AvgIpc) is 2.68. The van der Waals surface area contributed by atoms with Gasteiger partial charge < -0.3 is 10.1 Å². The number of ether oxygens (including phenoxy) is 1. The predicted molar refractivity (Wildman–Crippen MR) is 117 cm³/mol. The third-order valence-electron chi connectivity index (χ3n) is 4.57. The van der Waals surface area contributed by atoms with Crippen molar-refractivity contribution in [3.63, 3.8) is 0 Å². The van der Waals surface area contributed by atoms with Gasteiger partial charge in [-0.1, -0.05) is 51.3 Å². The van der Waals surface area contributed by atoms with E-state index in [4.69, 9.17) is 27.9 Å². The summed E-state index contributed by atoms with van der Waals surface area (Å²) in [4.78, 5) is 15.2. The topological polar surface area (TPSA) is 41.6 Å². The molecular weight excluding hydrogens is 463 g/mol. The molecule has 4 rings (SSSR count). The number of benzene rings is 3. The molecule has 0 aromatic heterocycles. The number of rotatable bonds is 3. The monoisotopic (exact) mass is 476 g/mol. The van der Waals surface area contributed by atoms with Crippen molar-refractivity contribution in [3.05, 3.63) is 86.3 Å². The fraction of sp³-hybridized carbons (Fsp3) is 0.0952. The highest BCUT2D eigenvalue weighted by Crippen LogP contribution is 2.40. The number of hydrogen-bond acceptors (Lipinski definition) is 3. The number of halogens is 3. The van der Waals surface area contributed by atoms with Crippen LogP contribution in [0.3, 0.4) is 0 Å². The Labute approximate surface area is 181 Å². The van der Waals surface area contributed by atoms with Crippen LogP contribution in [-0.2, 0) is 0 Å². The van der Waals surface area contributed by atoms with E-state index in [0.29, 0.717) is 27.0 Å². The molecule has 0 unspecified atom stereocenters. The van der Waals surface area contributed by atoms with Gasteiger partial charge in [-0.05, 0) is 42.5 Å². The van der Waals surface area contributed by atoms with E-state index in [0.717, 1.165) is 15.7 Å². The molecule has 1 atom stereocenters. The molecule has 1 aliphatic rings. The number of nitrogens with one attached hydrogen (secondary N) is 1. The molecule has 0 spiro atoms. The SMILES string of the molecule is COc1cccc(N2C(=O)c3cc(Br)ccc3N[C@H]2c2ccc(Cl)cc2Cl)c1. The van der Waals surface area contributed by atoms with Crippen LogP contribution in [0.1, 0.15) is 22.1 Å². The summed E-state index contributed by atoms with van der Waals surface area (Å²) in [5.74, 6) is 0.519. The third kappa shape index (κ3) is 3.46. The van der Waals surface area contributed by atoms with Gasteiger partial charge in [0.1, 0.15) is 11.9 Å². The Hall–Kier alpha value is -2.21. The second-order valence-electron chi connectivity index (χ2n) is 6.28. The lowest BCUT2D eigenvalue weighted by molar-refractivity contribution is 0.0975. The number of anilines is 2. The maximum atomic E-state index is 13.5. The molecule has 1 aliphatic heterocycles. The Bertz CT molecular complexity index is 1070. The highest BCUT2D eigenvalue weighted by Gasteiger charge is 2.35. The minimum absolute atomic E-state index is 0.140. The molecular formula is C21H15BrCl2N2O2. The van der Waals surface area contributed by atoms with Crippen LogP contribution in [0.25, 0.3) is 0 Å². The lowest BCUT2D eigenvalue weighted by atomic mass is 10.0. The van der Waals surface area contributed by atoms with Crippen molar-refractivity contribution in [3.8, 4) is 5.75 Å². The smallest absolute Gasteiger partial charge is 0.262 e. The summed E-state index contributed by atoms with van der Waals surface area (Å²) in [6, 6.07) is 18.2. The van der Waals surface area contributed by atoms with Crippen molar-refractivity contribution in [2.75, 3.05) is 17.3 Å². The zero-order chi connectivity index (χ0) is 19.8. The molecule has 28 heavy (non-hydrogen) atoms. The molecule has 142 valence electrons. The summed E-state index contributed by atoms with van der Waals surface area (Å²) in [7, 11) is 1.59. The Morgan fingerprint density at radius 3 is 2.64 bits per heavy atom. The van der Waals surface area contributed by atoms with Gasteiger partial charge in [0.25, 0.3) is 5.91 Å². The average molecular weight is 478 g/mol. The molecule has 7 heteroatoms. The number of hydrogen-bond donors (Lipinski definition) is 1. The fourth-order valence-corrected chi connectivity index (χ4v) is 4.12. The van der Waals surface area contributed by atoms with E-state index in [1.54, 1.807) is 30.2 Å². The van der Waals surface area contributed by atoms with Crippen molar-refractivity contribution in [2.24, 2.45) is 0 Å². The molecule has 1 N–H and O–H groups in total. The number of carbonyl (C=O) groups excluding carboxylic acids is 1. The summed E-state index contributed by atoms with van der Waals surface area (Å²) >= 11 is 16.0. The molecule has 0 saturated carbocycles. The largest absolute Gasteiger partial charge is 0.497 e. The molecule has 3 aromatic rings. The lowest BCUT2D eigenvalue weighted by Gasteiger charge is -2.38. The standard InChI is InChI=1S/C21H15BrCl2N2O2/c1-28-15-4-2-3-14(11-15)26-20(16-7-6-13(23)10-18(16)24)25-19-8-5-12(22)9-17(19)21(26)27/h2-11,20,25H,1H3/t20-/m1/s1. The van der Waals surface area contributed by atoms with Crippen molar-refractivity contribution in [1.29, 1.82) is 0 Å². The first-order valence-electron chi connectivity index (χ1n) is 8.46. The van der Waals surface area contributed by atoms with Crippen molar-refractivity contribution >= 4 is 56.4 Å². The van der Waals surface area contributed by atoms with Gasteiger partial charge in [-0.15, -0.1) is 0 Å². The Morgan fingerprint density at radius 1 is 1.07 bits per heavy atom. The van der Waals surface area contributed by atoms with E-state index in [2.05, 4.69) is 21.2 Å². The van der Waals surface area contributed by atoms with Crippen LogP contribution >= 0.6 is 39.1 Å². The Balaban J connectivity index is 1.90. The highest BCUT2D eigenvalue weighted by atomic mass is 79.9. The van der Waals surface area contributed by atoms with E-state index in [9.17, 15) is 4.79 Å². The van der Waals surface area contributed by atoms with Gasteiger partial charge in [-0.25, -0.2) is 0 Å². The first kappa shape index (κ1) is 19.1. The number of methoxy groups -OCH3 is 1. The summed E-state index contributed by atoms with van der Waals surface area (Å²) in [6.45, 7) is 0. The van der Waals surface area contributed by atoms with Gasteiger partial charge in [0.2, 0.25) is 0 Å². The Kier molecular flexibility index (Phi) is 5.23. The zero-order valence-electron chi connectivity index (χ0n) is 14.7. The van der Waals surface area contributed by atoms with Crippen molar-refractivity contribution < 1.29 is 9.53 Å². The van der Waals surface area contributed by atoms with Crippen LogP contribution in [0.4, 0.5) is 11.4 Å². The molecule has 0 radical (unpaired) electrons. The predicted octanol–water partition coefficient (Wildman–Crippen LogP) is 6.54. The van der Waals surface area contributed by atoms with E-state index >= 15 is 0 Å². The minimum Gasteiger partial charge on any atom is -0.497 e. The molecule has 1 amide bonds. The van der Waals surface area contributed by atoms with Crippen LogP contribution in [0, 0.1) is 0 Å². The molecule has 0 saturated heterocycles. The molecule has 1 heterocycles. The highest BCUT2D eigenvalue weighted by molar-refractivity contribution is 9.10. The van der Waals surface area contributed by atoms with E-state index in [1.807, 2.05) is 42.5 Å². The first-order chi connectivity index (χ1) is 13.5. The normalized spacial score (nSPS) is 15.8. The first-order valence-corrected chi connectivity index (χ1v) is 10.0. The maximum absolute atomic E-state index is 13.5. The van der Waals surface area contributed by atoms with E-state index in [-0.39, 0.29) is 5.91 Å². The number of fused-ring (bicyclic) bond motifs is 1. The summed E-state index contributed by atoms with van der Waals surface area (Å²) < 4.78 is 6.17. The minimum atomic E-state index is -0.502. The molecule has 0 fully saturated rings. The van der Waals surface area contributed by atoms with Crippen molar-refractivity contribution in [1.82, 2.24) is 0 Å². The molecule has 0 aliphatic carbocycles. The molecule has 4 nitrogen and oxygen atoms in total. The third-order valence-corrected chi connectivity index (χ3v) is 5.63. The molecule has 0 bridgehead atoms. The summed E-state index contributed by atoms with van der Waals surface area (Å²) in [6.07, 6.45) is -0.502. The van der Waals surface area contributed by atoms with Gasteiger partial charge in [-0.2, -0.15) is 0 Å². The van der Waals surface area contributed by atoms with Crippen LogP contribution < -0.4 is 15.0 Å². The quantitative estimate of drug-likeness (QED) is 0.465. The zero-order valence-corrected chi connectivity index (χ0v) is 17.8. The van der Waals surface area contributed by atoms with Crippen LogP contribution in [0.2, 0.25) is 10.0 Å². The van der Waals surface area contributed by atoms with Crippen LogP contribution in [0.15, 0.2) is 65.1 Å². The van der Waals surface area contributed by atoms with Gasteiger partial charge in [0, 0.05) is 31.8 Å². The fourth-order valence-electron chi connectivity index (χ4n) is 3.24. The van der Waals surface area contributed by atoms with Gasteiger partial charge in [-0.3, -0.25) is 9.69 Å². The van der Waals surface area contributed by atoms with E-state index in [1.165, 1.54) is 0 Å². The van der Waals surface area contributed by atoms with Gasteiger partial charge >= 0.3 is 0 Å². The number of carbonyl (C=O) groups is 1. The number of amides is 1. The second-order valence-corrected chi connectivity index (χ2v) is 8.04. The van der Waals surface area contributed by atoms with Crippen LogP contribution in [0.5, 0.6) is 5.75 Å². The maximum Gasteiger partial charge on any atom is 0.262 e. The summed E-state index contributed by atoms with van der Waals surface area (Å²) in [5.41, 5.74) is 2.75. The van der Waals surface area contributed by atoms with E-state index < -0.39 is 6.17 Å². The second kappa shape index (κ2) is 7.66. The molecule has 3 aromatic carbocycles. The summed E-state index contributed by atoms with van der Waals surface area (Å²) in [5, 5.41) is 4.45. The Morgan fingerprint density at radius 2 is 1.89 bits per heavy atom. The van der Waals surface area contributed by atoms with Crippen LogP contribution in [-0.4, -0.2) is 13.0 Å². The lowest BCUT2D eigenvalue weighted by Crippen LogP contribution is -2.43. The number of nitrogens with zero attached hydrogens (tertiary/aromatic N) is 1. The van der Waals surface area contributed by atoms with Gasteiger partial charge in [0.05, 0.1) is 18.4 Å². The van der Waals surface area contributed by atoms with Gasteiger partial charge in [0.15, 0.2) is 0 Å².